The number of aromatic nitrogens is 3. The van der Waals surface area contributed by atoms with E-state index in [1.807, 2.05) is 37.3 Å². The molecule has 0 N–H and O–H groups in total. The largest absolute Gasteiger partial charge is 0.454 e. The van der Waals surface area contributed by atoms with Crippen molar-refractivity contribution in [1.29, 1.82) is 0 Å². The van der Waals surface area contributed by atoms with E-state index < -0.39 is 0 Å². The van der Waals surface area contributed by atoms with Crippen LogP contribution in [0.15, 0.2) is 42.9 Å². The van der Waals surface area contributed by atoms with Crippen LogP contribution in [-0.2, 0) is 0 Å². The summed E-state index contributed by atoms with van der Waals surface area (Å²) >= 11 is 6.12. The van der Waals surface area contributed by atoms with Crippen LogP contribution >= 0.6 is 11.6 Å². The molecule has 0 spiro atoms. The van der Waals surface area contributed by atoms with Crippen molar-refractivity contribution < 1.29 is 4.74 Å². The molecule has 2 heterocycles. The van der Waals surface area contributed by atoms with Crippen LogP contribution in [0.5, 0.6) is 11.5 Å². The second-order valence-electron chi connectivity index (χ2n) is 3.96. The van der Waals surface area contributed by atoms with Gasteiger partial charge in [-0.25, -0.2) is 9.50 Å². The molecule has 2 aromatic heterocycles. The van der Waals surface area contributed by atoms with Gasteiger partial charge in [-0.05, 0) is 36.8 Å². The van der Waals surface area contributed by atoms with Crippen LogP contribution in [0.2, 0.25) is 5.02 Å². The number of benzene rings is 1. The molecular formula is C13H10ClN3O. The van der Waals surface area contributed by atoms with Gasteiger partial charge in [-0.1, -0.05) is 17.7 Å². The van der Waals surface area contributed by atoms with Gasteiger partial charge in [0, 0.05) is 0 Å². The molecule has 90 valence electrons. The Morgan fingerprint density at radius 3 is 2.94 bits per heavy atom. The molecule has 3 rings (SSSR count). The van der Waals surface area contributed by atoms with Crippen molar-refractivity contribution in [3.63, 3.8) is 0 Å². The van der Waals surface area contributed by atoms with E-state index in [1.54, 1.807) is 10.7 Å². The van der Waals surface area contributed by atoms with E-state index in [9.17, 15) is 0 Å². The number of nitrogens with zero attached hydrogens (tertiary/aromatic N) is 3. The van der Waals surface area contributed by atoms with Crippen LogP contribution < -0.4 is 4.74 Å². The highest BCUT2D eigenvalue weighted by Crippen LogP contribution is 2.29. The lowest BCUT2D eigenvalue weighted by atomic mass is 10.2. The maximum atomic E-state index is 6.12. The molecule has 0 amide bonds. The molecule has 0 atom stereocenters. The predicted molar refractivity (Wildman–Crippen MR) is 69.3 cm³/mol. The first-order valence-electron chi connectivity index (χ1n) is 5.46. The van der Waals surface area contributed by atoms with Gasteiger partial charge in [-0.2, -0.15) is 5.10 Å². The molecule has 0 bridgehead atoms. The molecule has 0 aliphatic carbocycles. The zero-order valence-corrected chi connectivity index (χ0v) is 10.4. The van der Waals surface area contributed by atoms with E-state index in [0.29, 0.717) is 16.5 Å². The van der Waals surface area contributed by atoms with E-state index in [-0.39, 0.29) is 0 Å². The second kappa shape index (κ2) is 4.31. The molecule has 0 aliphatic heterocycles. The van der Waals surface area contributed by atoms with Crippen molar-refractivity contribution in [3.8, 4) is 11.5 Å². The van der Waals surface area contributed by atoms with Gasteiger partial charge < -0.3 is 4.74 Å². The second-order valence-corrected chi connectivity index (χ2v) is 4.37. The fourth-order valence-corrected chi connectivity index (χ4v) is 1.95. The molecule has 1 aromatic carbocycles. The standard InChI is InChI=1S/C13H10ClN3O/c1-9-2-4-12(11(14)6-9)18-10-3-5-13-15-8-16-17(13)7-10/h2-8H,1H3. The summed E-state index contributed by atoms with van der Waals surface area (Å²) in [5, 5.41) is 4.64. The number of pyridine rings is 1. The average molecular weight is 260 g/mol. The Hall–Kier alpha value is -2.07. The molecule has 0 unspecified atom stereocenters. The third kappa shape index (κ3) is 2.02. The topological polar surface area (TPSA) is 39.4 Å². The van der Waals surface area contributed by atoms with Crippen LogP contribution in [-0.4, -0.2) is 14.6 Å². The lowest BCUT2D eigenvalue weighted by Crippen LogP contribution is -1.91. The summed E-state index contributed by atoms with van der Waals surface area (Å²) in [6.07, 6.45) is 3.26. The fourth-order valence-electron chi connectivity index (χ4n) is 1.67. The van der Waals surface area contributed by atoms with Gasteiger partial charge in [0.05, 0.1) is 11.2 Å². The van der Waals surface area contributed by atoms with Crippen molar-refractivity contribution >= 4 is 17.2 Å². The molecular weight excluding hydrogens is 250 g/mol. The lowest BCUT2D eigenvalue weighted by Gasteiger charge is -2.08. The molecule has 4 nitrogen and oxygen atoms in total. The average Bonchev–Trinajstić information content (AvgIpc) is 2.80. The minimum absolute atomic E-state index is 0.591. The number of ether oxygens (including phenoxy) is 1. The summed E-state index contributed by atoms with van der Waals surface area (Å²) < 4.78 is 7.37. The van der Waals surface area contributed by atoms with Gasteiger partial charge in [-0.15, -0.1) is 0 Å². The van der Waals surface area contributed by atoms with Crippen LogP contribution in [0.4, 0.5) is 0 Å². The Morgan fingerprint density at radius 1 is 1.22 bits per heavy atom. The van der Waals surface area contributed by atoms with Crippen molar-refractivity contribution in [2.24, 2.45) is 0 Å². The van der Waals surface area contributed by atoms with E-state index in [2.05, 4.69) is 10.1 Å². The van der Waals surface area contributed by atoms with E-state index in [4.69, 9.17) is 16.3 Å². The Bertz CT molecular complexity index is 708. The molecule has 0 aliphatic rings. The number of halogens is 1. The van der Waals surface area contributed by atoms with Gasteiger partial charge in [-0.3, -0.25) is 0 Å². The summed E-state index contributed by atoms with van der Waals surface area (Å²) in [5.74, 6) is 1.29. The summed E-state index contributed by atoms with van der Waals surface area (Å²) in [5.41, 5.74) is 1.87. The van der Waals surface area contributed by atoms with Crippen molar-refractivity contribution in [2.45, 2.75) is 6.92 Å². The first kappa shape index (κ1) is 11.0. The molecule has 0 saturated heterocycles. The summed E-state index contributed by atoms with van der Waals surface area (Å²) in [6, 6.07) is 9.34. The van der Waals surface area contributed by atoms with Crippen LogP contribution in [0.25, 0.3) is 5.65 Å². The first-order chi connectivity index (χ1) is 8.72. The highest BCUT2D eigenvalue weighted by atomic mass is 35.5. The number of hydrogen-bond acceptors (Lipinski definition) is 3. The Labute approximate surface area is 109 Å². The highest BCUT2D eigenvalue weighted by molar-refractivity contribution is 6.32. The van der Waals surface area contributed by atoms with E-state index >= 15 is 0 Å². The van der Waals surface area contributed by atoms with Crippen LogP contribution in [0.1, 0.15) is 5.56 Å². The molecule has 0 fully saturated rings. The molecule has 0 saturated carbocycles. The smallest absolute Gasteiger partial charge is 0.155 e. The summed E-state index contributed by atoms with van der Waals surface area (Å²) in [7, 11) is 0. The van der Waals surface area contributed by atoms with Crippen LogP contribution in [0.3, 0.4) is 0 Å². The normalized spacial score (nSPS) is 10.8. The minimum Gasteiger partial charge on any atom is -0.454 e. The van der Waals surface area contributed by atoms with Crippen molar-refractivity contribution in [1.82, 2.24) is 14.6 Å². The van der Waals surface area contributed by atoms with Crippen LogP contribution in [0, 0.1) is 6.92 Å². The predicted octanol–water partition coefficient (Wildman–Crippen LogP) is 3.48. The first-order valence-corrected chi connectivity index (χ1v) is 5.83. The molecule has 5 heteroatoms. The zero-order valence-electron chi connectivity index (χ0n) is 9.67. The maximum Gasteiger partial charge on any atom is 0.155 e. The number of fused-ring (bicyclic) bond motifs is 1. The number of rotatable bonds is 2. The molecule has 0 radical (unpaired) electrons. The number of hydrogen-bond donors (Lipinski definition) is 0. The van der Waals surface area contributed by atoms with Crippen molar-refractivity contribution in [2.75, 3.05) is 0 Å². The van der Waals surface area contributed by atoms with Gasteiger partial charge in [0.2, 0.25) is 0 Å². The van der Waals surface area contributed by atoms with Gasteiger partial charge >= 0.3 is 0 Å². The summed E-state index contributed by atoms with van der Waals surface area (Å²) in [6.45, 7) is 1.98. The van der Waals surface area contributed by atoms with Crippen molar-refractivity contribution in [3.05, 3.63) is 53.4 Å². The fraction of sp³-hybridized carbons (Fsp3) is 0.0769. The van der Waals surface area contributed by atoms with E-state index in [0.717, 1.165) is 11.2 Å². The van der Waals surface area contributed by atoms with Gasteiger partial charge in [0.15, 0.2) is 5.65 Å². The van der Waals surface area contributed by atoms with Gasteiger partial charge in [0.1, 0.15) is 17.8 Å². The Balaban J connectivity index is 1.95. The molecule has 3 aromatic rings. The minimum atomic E-state index is 0.591. The maximum absolute atomic E-state index is 6.12. The zero-order chi connectivity index (χ0) is 12.5. The third-order valence-corrected chi connectivity index (χ3v) is 2.86. The monoisotopic (exact) mass is 259 g/mol. The summed E-state index contributed by atoms with van der Waals surface area (Å²) in [4.78, 5) is 4.07. The quantitative estimate of drug-likeness (QED) is 0.707. The molecule has 18 heavy (non-hydrogen) atoms. The highest BCUT2D eigenvalue weighted by Gasteiger charge is 2.04. The third-order valence-electron chi connectivity index (χ3n) is 2.56. The Morgan fingerprint density at radius 2 is 2.11 bits per heavy atom. The van der Waals surface area contributed by atoms with Gasteiger partial charge in [0.25, 0.3) is 0 Å². The lowest BCUT2D eigenvalue weighted by molar-refractivity contribution is 0.478. The SMILES string of the molecule is Cc1ccc(Oc2ccc3ncnn3c2)c(Cl)c1. The Kier molecular flexibility index (Phi) is 2.64. The number of aryl methyl sites for hydroxylation is 1. The van der Waals surface area contributed by atoms with E-state index in [1.165, 1.54) is 6.33 Å².